The summed E-state index contributed by atoms with van der Waals surface area (Å²) < 4.78 is 5.77. The van der Waals surface area contributed by atoms with E-state index in [-0.39, 0.29) is 11.8 Å². The van der Waals surface area contributed by atoms with Crippen molar-refractivity contribution >= 4 is 45.4 Å². The van der Waals surface area contributed by atoms with Gasteiger partial charge < -0.3 is 15.4 Å². The van der Waals surface area contributed by atoms with Crippen molar-refractivity contribution in [3.05, 3.63) is 75.1 Å². The number of aryl methyl sites for hydroxylation is 1. The van der Waals surface area contributed by atoms with Crippen LogP contribution in [0.2, 0.25) is 5.02 Å². The number of hydrogen-bond donors (Lipinski definition) is 2. The molecule has 2 aromatic carbocycles. The maximum Gasteiger partial charge on any atom is 0.265 e. The standard InChI is InChI=1S/C26H27ClN2O3S/c1-15-11-12-20-22(13-15)33-26(23(20)25(31)28-21-10-5-4-7-16(21)2)29-24(30)17(3)32-19-9-6-8-18(27)14-19/h4-10,14-15,17H,11-13H2,1-3H3,(H,28,31)(H,29,30)/t15-,17-/m0/s1. The first kappa shape index (κ1) is 23.3. The van der Waals surface area contributed by atoms with E-state index < -0.39 is 6.10 Å². The molecule has 0 radical (unpaired) electrons. The molecule has 0 spiro atoms. The first-order chi connectivity index (χ1) is 15.8. The van der Waals surface area contributed by atoms with Gasteiger partial charge in [-0.15, -0.1) is 11.3 Å². The van der Waals surface area contributed by atoms with Crippen LogP contribution >= 0.6 is 22.9 Å². The summed E-state index contributed by atoms with van der Waals surface area (Å²) in [6, 6.07) is 14.6. The molecule has 2 atom stereocenters. The number of carbonyl (C=O) groups is 2. The second-order valence-corrected chi connectivity index (χ2v) is 10.1. The quantitative estimate of drug-likeness (QED) is 0.421. The van der Waals surface area contributed by atoms with Gasteiger partial charge in [0.05, 0.1) is 5.56 Å². The normalized spacial score (nSPS) is 15.9. The Morgan fingerprint density at radius 1 is 1.15 bits per heavy atom. The van der Waals surface area contributed by atoms with E-state index in [0.717, 1.165) is 36.1 Å². The zero-order valence-electron chi connectivity index (χ0n) is 18.9. The predicted molar refractivity (Wildman–Crippen MR) is 135 cm³/mol. The molecule has 0 unspecified atom stereocenters. The number of benzene rings is 2. The van der Waals surface area contributed by atoms with Crippen LogP contribution in [0.5, 0.6) is 5.75 Å². The van der Waals surface area contributed by atoms with Crippen molar-refractivity contribution in [2.45, 2.75) is 46.1 Å². The van der Waals surface area contributed by atoms with E-state index in [1.165, 1.54) is 16.2 Å². The highest BCUT2D eigenvalue weighted by Crippen LogP contribution is 2.40. The molecule has 0 aliphatic heterocycles. The summed E-state index contributed by atoms with van der Waals surface area (Å²) in [5.41, 5.74) is 3.36. The van der Waals surface area contributed by atoms with Gasteiger partial charge in [-0.1, -0.05) is 42.8 Å². The SMILES string of the molecule is Cc1ccccc1NC(=O)c1c(NC(=O)[C@H](C)Oc2cccc(Cl)c2)sc2c1CC[C@H](C)C2. The van der Waals surface area contributed by atoms with Crippen molar-refractivity contribution in [3.63, 3.8) is 0 Å². The van der Waals surface area contributed by atoms with Crippen LogP contribution in [-0.4, -0.2) is 17.9 Å². The molecule has 1 aliphatic carbocycles. The Hall–Kier alpha value is -2.83. The number of amides is 2. The topological polar surface area (TPSA) is 67.4 Å². The Balaban J connectivity index is 1.58. The largest absolute Gasteiger partial charge is 0.481 e. The molecule has 0 saturated heterocycles. The van der Waals surface area contributed by atoms with E-state index in [1.54, 1.807) is 31.2 Å². The molecule has 0 saturated carbocycles. The van der Waals surface area contributed by atoms with E-state index in [2.05, 4.69) is 17.6 Å². The fourth-order valence-electron chi connectivity index (χ4n) is 3.99. The minimum atomic E-state index is -0.756. The third kappa shape index (κ3) is 5.40. The summed E-state index contributed by atoms with van der Waals surface area (Å²) in [6.45, 7) is 5.85. The van der Waals surface area contributed by atoms with Gasteiger partial charge in [-0.25, -0.2) is 0 Å². The van der Waals surface area contributed by atoms with Gasteiger partial charge in [-0.3, -0.25) is 9.59 Å². The van der Waals surface area contributed by atoms with Gasteiger partial charge in [0.15, 0.2) is 6.10 Å². The lowest BCUT2D eigenvalue weighted by Crippen LogP contribution is -2.30. The summed E-state index contributed by atoms with van der Waals surface area (Å²) in [4.78, 5) is 27.5. The van der Waals surface area contributed by atoms with Crippen LogP contribution in [0.4, 0.5) is 10.7 Å². The molecule has 1 heterocycles. The Labute approximate surface area is 203 Å². The summed E-state index contributed by atoms with van der Waals surface area (Å²) in [5, 5.41) is 7.11. The molecule has 0 fully saturated rings. The second kappa shape index (κ2) is 9.98. The molecule has 5 nitrogen and oxygen atoms in total. The number of carbonyl (C=O) groups excluding carboxylic acids is 2. The maximum absolute atomic E-state index is 13.4. The number of para-hydroxylation sites is 1. The van der Waals surface area contributed by atoms with Crippen LogP contribution in [0.1, 0.15) is 46.6 Å². The molecule has 0 bridgehead atoms. The summed E-state index contributed by atoms with van der Waals surface area (Å²) in [7, 11) is 0. The lowest BCUT2D eigenvalue weighted by Gasteiger charge is -2.19. The van der Waals surface area contributed by atoms with E-state index in [0.29, 0.717) is 27.3 Å². The van der Waals surface area contributed by atoms with Crippen molar-refractivity contribution in [2.24, 2.45) is 5.92 Å². The molecule has 2 amide bonds. The van der Waals surface area contributed by atoms with Crippen molar-refractivity contribution in [1.29, 1.82) is 0 Å². The average Bonchev–Trinajstić information content (AvgIpc) is 3.12. The van der Waals surface area contributed by atoms with Gasteiger partial charge in [-0.2, -0.15) is 0 Å². The molecule has 7 heteroatoms. The van der Waals surface area contributed by atoms with Gasteiger partial charge in [0.25, 0.3) is 11.8 Å². The molecule has 33 heavy (non-hydrogen) atoms. The number of hydrogen-bond acceptors (Lipinski definition) is 4. The number of fused-ring (bicyclic) bond motifs is 1. The fourth-order valence-corrected chi connectivity index (χ4v) is 5.58. The molecule has 1 aromatic heterocycles. The van der Waals surface area contributed by atoms with Crippen LogP contribution in [0.15, 0.2) is 48.5 Å². The van der Waals surface area contributed by atoms with Gasteiger partial charge in [0, 0.05) is 15.6 Å². The Bertz CT molecular complexity index is 1190. The molecule has 1 aliphatic rings. The van der Waals surface area contributed by atoms with Crippen LogP contribution in [-0.2, 0) is 17.6 Å². The Morgan fingerprint density at radius 2 is 1.94 bits per heavy atom. The number of anilines is 2. The molecule has 3 aromatic rings. The molecular formula is C26H27ClN2O3S. The number of thiophene rings is 1. The number of ether oxygens (including phenoxy) is 1. The van der Waals surface area contributed by atoms with Crippen molar-refractivity contribution in [3.8, 4) is 5.75 Å². The third-order valence-electron chi connectivity index (χ3n) is 5.85. The molecule has 2 N–H and O–H groups in total. The van der Waals surface area contributed by atoms with Crippen molar-refractivity contribution < 1.29 is 14.3 Å². The van der Waals surface area contributed by atoms with E-state index in [1.807, 2.05) is 31.2 Å². The van der Waals surface area contributed by atoms with Crippen LogP contribution in [0.3, 0.4) is 0 Å². The fraction of sp³-hybridized carbons (Fsp3) is 0.308. The highest BCUT2D eigenvalue weighted by molar-refractivity contribution is 7.17. The predicted octanol–water partition coefficient (Wildman–Crippen LogP) is 6.49. The highest BCUT2D eigenvalue weighted by Gasteiger charge is 2.29. The molecular weight excluding hydrogens is 456 g/mol. The molecule has 172 valence electrons. The van der Waals surface area contributed by atoms with Crippen LogP contribution < -0.4 is 15.4 Å². The van der Waals surface area contributed by atoms with Crippen LogP contribution in [0, 0.1) is 12.8 Å². The summed E-state index contributed by atoms with van der Waals surface area (Å²) >= 11 is 7.51. The van der Waals surface area contributed by atoms with E-state index >= 15 is 0 Å². The second-order valence-electron chi connectivity index (χ2n) is 8.53. The molecule has 4 rings (SSSR count). The third-order valence-corrected chi connectivity index (χ3v) is 7.25. The minimum absolute atomic E-state index is 0.199. The Kier molecular flexibility index (Phi) is 7.05. The van der Waals surface area contributed by atoms with Gasteiger partial charge in [0.1, 0.15) is 10.8 Å². The van der Waals surface area contributed by atoms with Gasteiger partial charge >= 0.3 is 0 Å². The highest BCUT2D eigenvalue weighted by atomic mass is 35.5. The van der Waals surface area contributed by atoms with E-state index in [4.69, 9.17) is 16.3 Å². The van der Waals surface area contributed by atoms with Gasteiger partial charge in [0.2, 0.25) is 0 Å². The Morgan fingerprint density at radius 3 is 2.70 bits per heavy atom. The number of nitrogens with one attached hydrogen (secondary N) is 2. The van der Waals surface area contributed by atoms with Crippen molar-refractivity contribution in [1.82, 2.24) is 0 Å². The van der Waals surface area contributed by atoms with Crippen molar-refractivity contribution in [2.75, 3.05) is 10.6 Å². The maximum atomic E-state index is 13.4. The lowest BCUT2D eigenvalue weighted by molar-refractivity contribution is -0.122. The lowest BCUT2D eigenvalue weighted by atomic mass is 9.88. The van der Waals surface area contributed by atoms with E-state index in [9.17, 15) is 9.59 Å². The summed E-state index contributed by atoms with van der Waals surface area (Å²) in [6.07, 6.45) is 2.01. The first-order valence-electron chi connectivity index (χ1n) is 11.1. The van der Waals surface area contributed by atoms with Crippen LogP contribution in [0.25, 0.3) is 0 Å². The first-order valence-corrected chi connectivity index (χ1v) is 12.3. The smallest absolute Gasteiger partial charge is 0.265 e. The monoisotopic (exact) mass is 482 g/mol. The zero-order valence-corrected chi connectivity index (χ0v) is 20.5. The summed E-state index contributed by atoms with van der Waals surface area (Å²) in [5.74, 6) is 0.556. The number of rotatable bonds is 6. The number of halogens is 1. The zero-order chi connectivity index (χ0) is 23.5. The minimum Gasteiger partial charge on any atom is -0.481 e. The van der Waals surface area contributed by atoms with Gasteiger partial charge in [-0.05, 0) is 74.4 Å². The average molecular weight is 483 g/mol.